The van der Waals surface area contributed by atoms with E-state index in [0.29, 0.717) is 12.8 Å². The van der Waals surface area contributed by atoms with Gasteiger partial charge in [-0.3, -0.25) is 4.79 Å². The molecule has 1 aliphatic heterocycles. The van der Waals surface area contributed by atoms with Crippen molar-refractivity contribution in [3.63, 3.8) is 0 Å². The standard InChI is InChI=1S/C12H18N2O2/c1-9-3-5-11(16-9)10(15)4-6-12-13-7-8-14(12)2/h7-9,11H,3-6H2,1-2H3. The summed E-state index contributed by atoms with van der Waals surface area (Å²) < 4.78 is 7.50. The Bertz CT molecular complexity index is 373. The Morgan fingerprint density at radius 3 is 3.00 bits per heavy atom. The van der Waals surface area contributed by atoms with E-state index < -0.39 is 0 Å². The first-order valence-electron chi connectivity index (χ1n) is 5.81. The minimum absolute atomic E-state index is 0.171. The Hall–Kier alpha value is -1.16. The molecular formula is C12H18N2O2. The van der Waals surface area contributed by atoms with Crippen LogP contribution in [0, 0.1) is 0 Å². The number of hydrogen-bond donors (Lipinski definition) is 0. The number of Topliss-reactive ketones (excluding diaryl/α,β-unsaturated/α-hetero) is 1. The van der Waals surface area contributed by atoms with Gasteiger partial charge in [0.25, 0.3) is 0 Å². The lowest BCUT2D eigenvalue weighted by Gasteiger charge is -2.09. The molecule has 0 aliphatic carbocycles. The average Bonchev–Trinajstić information content (AvgIpc) is 2.84. The van der Waals surface area contributed by atoms with Gasteiger partial charge in [0.15, 0.2) is 5.78 Å². The van der Waals surface area contributed by atoms with Gasteiger partial charge in [-0.05, 0) is 19.8 Å². The molecule has 2 rings (SSSR count). The Balaban J connectivity index is 1.82. The first kappa shape index (κ1) is 11.3. The highest BCUT2D eigenvalue weighted by Gasteiger charge is 2.27. The Morgan fingerprint density at radius 2 is 2.44 bits per heavy atom. The van der Waals surface area contributed by atoms with Gasteiger partial charge in [0, 0.05) is 32.3 Å². The van der Waals surface area contributed by atoms with E-state index in [9.17, 15) is 4.79 Å². The van der Waals surface area contributed by atoms with Gasteiger partial charge in [-0.15, -0.1) is 0 Å². The molecule has 0 radical (unpaired) electrons. The average molecular weight is 222 g/mol. The number of ether oxygens (including phenoxy) is 1. The van der Waals surface area contributed by atoms with Gasteiger partial charge >= 0.3 is 0 Å². The van der Waals surface area contributed by atoms with Crippen molar-refractivity contribution >= 4 is 5.78 Å². The van der Waals surface area contributed by atoms with E-state index in [0.717, 1.165) is 18.7 Å². The zero-order chi connectivity index (χ0) is 11.5. The molecule has 4 nitrogen and oxygen atoms in total. The first-order valence-corrected chi connectivity index (χ1v) is 5.81. The van der Waals surface area contributed by atoms with Gasteiger partial charge in [-0.2, -0.15) is 0 Å². The van der Waals surface area contributed by atoms with Crippen molar-refractivity contribution in [1.29, 1.82) is 0 Å². The lowest BCUT2D eigenvalue weighted by molar-refractivity contribution is -0.129. The van der Waals surface area contributed by atoms with Crippen LogP contribution in [0.4, 0.5) is 0 Å². The number of aromatic nitrogens is 2. The summed E-state index contributed by atoms with van der Waals surface area (Å²) >= 11 is 0. The summed E-state index contributed by atoms with van der Waals surface area (Å²) in [6.07, 6.45) is 6.83. The first-order chi connectivity index (χ1) is 7.66. The molecule has 0 spiro atoms. The van der Waals surface area contributed by atoms with Crippen LogP contribution in [0.1, 0.15) is 32.0 Å². The molecule has 16 heavy (non-hydrogen) atoms. The summed E-state index contributed by atoms with van der Waals surface area (Å²) in [5.74, 6) is 1.17. The molecule has 2 atom stereocenters. The lowest BCUT2D eigenvalue weighted by atomic mass is 10.1. The number of rotatable bonds is 4. The van der Waals surface area contributed by atoms with Gasteiger partial charge in [-0.25, -0.2) is 4.98 Å². The lowest BCUT2D eigenvalue weighted by Crippen LogP contribution is -2.21. The zero-order valence-electron chi connectivity index (χ0n) is 9.85. The highest BCUT2D eigenvalue weighted by atomic mass is 16.5. The van der Waals surface area contributed by atoms with Crippen molar-refractivity contribution in [2.24, 2.45) is 7.05 Å². The van der Waals surface area contributed by atoms with E-state index in [-0.39, 0.29) is 18.0 Å². The topological polar surface area (TPSA) is 44.1 Å². The maximum Gasteiger partial charge on any atom is 0.162 e. The molecule has 2 unspecified atom stereocenters. The number of nitrogens with zero attached hydrogens (tertiary/aromatic N) is 2. The number of ketones is 1. The predicted molar refractivity (Wildman–Crippen MR) is 60.1 cm³/mol. The number of aryl methyl sites for hydroxylation is 2. The summed E-state index contributed by atoms with van der Waals surface area (Å²) in [5, 5.41) is 0. The molecule has 0 N–H and O–H groups in total. The second kappa shape index (κ2) is 4.78. The highest BCUT2D eigenvalue weighted by Crippen LogP contribution is 2.21. The van der Waals surface area contributed by atoms with Crippen LogP contribution in [0.25, 0.3) is 0 Å². The second-order valence-corrected chi connectivity index (χ2v) is 4.43. The van der Waals surface area contributed by atoms with Crippen LogP contribution in [-0.4, -0.2) is 27.5 Å². The molecule has 4 heteroatoms. The third kappa shape index (κ3) is 2.50. The number of carbonyl (C=O) groups is 1. The Morgan fingerprint density at radius 1 is 1.62 bits per heavy atom. The van der Waals surface area contributed by atoms with E-state index in [2.05, 4.69) is 4.98 Å². The van der Waals surface area contributed by atoms with Crippen LogP contribution < -0.4 is 0 Å². The SMILES string of the molecule is CC1CCC(C(=O)CCc2nccn2C)O1. The molecule has 0 aromatic carbocycles. The third-order valence-electron chi connectivity index (χ3n) is 3.11. The van der Waals surface area contributed by atoms with Gasteiger partial charge in [-0.1, -0.05) is 0 Å². The van der Waals surface area contributed by atoms with Crippen LogP contribution in [0.15, 0.2) is 12.4 Å². The molecular weight excluding hydrogens is 204 g/mol. The maximum absolute atomic E-state index is 11.8. The minimum Gasteiger partial charge on any atom is -0.368 e. The van der Waals surface area contributed by atoms with E-state index in [1.165, 1.54) is 0 Å². The van der Waals surface area contributed by atoms with E-state index in [1.54, 1.807) is 6.20 Å². The molecule has 1 fully saturated rings. The van der Waals surface area contributed by atoms with Crippen LogP contribution in [-0.2, 0) is 23.0 Å². The highest BCUT2D eigenvalue weighted by molar-refractivity contribution is 5.83. The zero-order valence-corrected chi connectivity index (χ0v) is 9.85. The molecule has 2 heterocycles. The van der Waals surface area contributed by atoms with Crippen molar-refractivity contribution in [1.82, 2.24) is 9.55 Å². The van der Waals surface area contributed by atoms with E-state index >= 15 is 0 Å². The molecule has 1 aliphatic rings. The molecule has 1 aromatic rings. The summed E-state index contributed by atoms with van der Waals surface area (Å²) in [6, 6.07) is 0. The van der Waals surface area contributed by atoms with Crippen LogP contribution in [0.2, 0.25) is 0 Å². The summed E-state index contributed by atoms with van der Waals surface area (Å²) in [6.45, 7) is 2.02. The normalized spacial score (nSPS) is 24.9. The van der Waals surface area contributed by atoms with Gasteiger partial charge in [0.2, 0.25) is 0 Å². The van der Waals surface area contributed by atoms with Crippen molar-refractivity contribution in [3.8, 4) is 0 Å². The smallest absolute Gasteiger partial charge is 0.162 e. The Kier molecular flexibility index (Phi) is 3.39. The van der Waals surface area contributed by atoms with Crippen molar-refractivity contribution in [2.75, 3.05) is 0 Å². The fraction of sp³-hybridized carbons (Fsp3) is 0.667. The van der Waals surface area contributed by atoms with Gasteiger partial charge < -0.3 is 9.30 Å². The van der Waals surface area contributed by atoms with E-state index in [4.69, 9.17) is 4.74 Å². The summed E-state index contributed by atoms with van der Waals surface area (Å²) in [5.41, 5.74) is 0. The Labute approximate surface area is 95.6 Å². The van der Waals surface area contributed by atoms with Crippen molar-refractivity contribution in [3.05, 3.63) is 18.2 Å². The quantitative estimate of drug-likeness (QED) is 0.775. The minimum atomic E-state index is -0.171. The van der Waals surface area contributed by atoms with Crippen LogP contribution in [0.3, 0.4) is 0 Å². The fourth-order valence-corrected chi connectivity index (χ4v) is 2.07. The van der Waals surface area contributed by atoms with Crippen LogP contribution in [0.5, 0.6) is 0 Å². The molecule has 0 saturated carbocycles. The van der Waals surface area contributed by atoms with Crippen molar-refractivity contribution in [2.45, 2.75) is 44.8 Å². The molecule has 0 bridgehead atoms. The molecule has 88 valence electrons. The van der Waals surface area contributed by atoms with Crippen molar-refractivity contribution < 1.29 is 9.53 Å². The third-order valence-corrected chi connectivity index (χ3v) is 3.11. The predicted octanol–water partition coefficient (Wildman–Crippen LogP) is 1.49. The molecule has 0 amide bonds. The van der Waals surface area contributed by atoms with E-state index in [1.807, 2.05) is 24.7 Å². The maximum atomic E-state index is 11.8. The van der Waals surface area contributed by atoms with Gasteiger partial charge in [0.1, 0.15) is 11.9 Å². The number of carbonyl (C=O) groups excluding carboxylic acids is 1. The largest absolute Gasteiger partial charge is 0.368 e. The second-order valence-electron chi connectivity index (χ2n) is 4.43. The van der Waals surface area contributed by atoms with Crippen LogP contribution >= 0.6 is 0 Å². The van der Waals surface area contributed by atoms with Gasteiger partial charge in [0.05, 0.1) is 6.10 Å². The number of imidazole rings is 1. The molecule has 1 aromatic heterocycles. The summed E-state index contributed by atoms with van der Waals surface area (Å²) in [4.78, 5) is 16.0. The molecule has 1 saturated heterocycles. The number of hydrogen-bond acceptors (Lipinski definition) is 3. The monoisotopic (exact) mass is 222 g/mol. The summed E-state index contributed by atoms with van der Waals surface area (Å²) in [7, 11) is 1.95. The fourth-order valence-electron chi connectivity index (χ4n) is 2.07.